The Morgan fingerprint density at radius 1 is 1.25 bits per heavy atom. The van der Waals surface area contributed by atoms with Gasteiger partial charge in [-0.1, -0.05) is 45.7 Å². The fraction of sp³-hybridized carbons (Fsp3) is 0.500. The Labute approximate surface area is 134 Å². The number of amides is 1. The number of alkyl halides is 1. The van der Waals surface area contributed by atoms with E-state index >= 15 is 0 Å². The Hall–Kier alpha value is -0.490. The van der Waals surface area contributed by atoms with Crippen molar-refractivity contribution in [1.29, 1.82) is 0 Å². The summed E-state index contributed by atoms with van der Waals surface area (Å²) < 4.78 is 27.6. The largest absolute Gasteiger partial charge is 0.351 e. The van der Waals surface area contributed by atoms with Gasteiger partial charge in [0.2, 0.25) is 0 Å². The summed E-state index contributed by atoms with van der Waals surface area (Å²) in [5, 5.41) is 3.35. The van der Waals surface area contributed by atoms with E-state index < -0.39 is 23.1 Å². The highest BCUT2D eigenvalue weighted by Crippen LogP contribution is 2.28. The molecule has 2 nitrogen and oxygen atoms in total. The molecular weight excluding hydrogens is 396 g/mol. The Bertz CT molecular complexity index is 459. The molecule has 1 aromatic carbocycles. The molecule has 0 unspecified atom stereocenters. The van der Waals surface area contributed by atoms with Crippen molar-refractivity contribution in [2.75, 3.05) is 11.9 Å². The SMILES string of the molecule is CCC(CC)(CBr)CNC(=O)c1c(F)cc(Br)cc1F. The molecule has 1 N–H and O–H groups in total. The summed E-state index contributed by atoms with van der Waals surface area (Å²) in [6.45, 7) is 4.43. The van der Waals surface area contributed by atoms with Crippen molar-refractivity contribution in [1.82, 2.24) is 5.32 Å². The van der Waals surface area contributed by atoms with Crippen LogP contribution in [0.3, 0.4) is 0 Å². The van der Waals surface area contributed by atoms with Gasteiger partial charge in [-0.05, 0) is 30.4 Å². The minimum absolute atomic E-state index is 0.0992. The molecule has 0 saturated carbocycles. The van der Waals surface area contributed by atoms with Crippen LogP contribution >= 0.6 is 31.9 Å². The third-order valence-corrected chi connectivity index (χ3v) is 5.29. The van der Waals surface area contributed by atoms with Crippen molar-refractivity contribution in [2.45, 2.75) is 26.7 Å². The molecule has 0 heterocycles. The average Bonchev–Trinajstić information content (AvgIpc) is 2.39. The van der Waals surface area contributed by atoms with Gasteiger partial charge in [0, 0.05) is 16.3 Å². The molecule has 1 amide bonds. The highest BCUT2D eigenvalue weighted by Gasteiger charge is 2.27. The van der Waals surface area contributed by atoms with Crippen LogP contribution in [-0.4, -0.2) is 17.8 Å². The Balaban J connectivity index is 2.88. The van der Waals surface area contributed by atoms with Crippen molar-refractivity contribution in [3.8, 4) is 0 Å². The molecule has 1 rings (SSSR count). The van der Waals surface area contributed by atoms with Gasteiger partial charge in [0.15, 0.2) is 0 Å². The summed E-state index contributed by atoms with van der Waals surface area (Å²) >= 11 is 6.42. The fourth-order valence-electron chi connectivity index (χ4n) is 1.85. The van der Waals surface area contributed by atoms with E-state index in [1.165, 1.54) is 0 Å². The predicted molar refractivity (Wildman–Crippen MR) is 83.2 cm³/mol. The molecule has 0 bridgehead atoms. The van der Waals surface area contributed by atoms with Crippen LogP contribution in [0.5, 0.6) is 0 Å². The van der Waals surface area contributed by atoms with Crippen LogP contribution < -0.4 is 5.32 Å². The molecular formula is C14H17Br2F2NO. The van der Waals surface area contributed by atoms with E-state index in [0.29, 0.717) is 6.54 Å². The van der Waals surface area contributed by atoms with Gasteiger partial charge in [-0.25, -0.2) is 8.78 Å². The van der Waals surface area contributed by atoms with Crippen LogP contribution in [0.4, 0.5) is 8.78 Å². The molecule has 0 spiro atoms. The zero-order valence-electron chi connectivity index (χ0n) is 11.4. The van der Waals surface area contributed by atoms with Crippen molar-refractivity contribution in [3.63, 3.8) is 0 Å². The zero-order valence-corrected chi connectivity index (χ0v) is 14.6. The molecule has 0 fully saturated rings. The average molecular weight is 413 g/mol. The van der Waals surface area contributed by atoms with E-state index in [1.54, 1.807) is 0 Å². The number of halogens is 4. The standard InChI is InChI=1S/C14H17Br2F2NO/c1-3-14(4-2,7-15)8-19-13(20)12-10(17)5-9(16)6-11(12)18/h5-6H,3-4,7-8H2,1-2H3,(H,19,20). The summed E-state index contributed by atoms with van der Waals surface area (Å²) in [7, 11) is 0. The van der Waals surface area contributed by atoms with Gasteiger partial charge in [-0.15, -0.1) is 0 Å². The number of rotatable bonds is 6. The number of benzene rings is 1. The van der Waals surface area contributed by atoms with E-state index in [0.717, 1.165) is 30.3 Å². The lowest BCUT2D eigenvalue weighted by Gasteiger charge is -2.29. The zero-order chi connectivity index (χ0) is 15.3. The smallest absolute Gasteiger partial charge is 0.257 e. The topological polar surface area (TPSA) is 29.1 Å². The molecule has 0 aliphatic heterocycles. The molecule has 6 heteroatoms. The Morgan fingerprint density at radius 2 is 1.75 bits per heavy atom. The third kappa shape index (κ3) is 4.01. The third-order valence-electron chi connectivity index (χ3n) is 3.64. The summed E-state index contributed by atoms with van der Waals surface area (Å²) in [4.78, 5) is 12.0. The van der Waals surface area contributed by atoms with Gasteiger partial charge in [-0.3, -0.25) is 4.79 Å². The number of nitrogens with one attached hydrogen (secondary N) is 1. The van der Waals surface area contributed by atoms with Crippen molar-refractivity contribution in [3.05, 3.63) is 33.8 Å². The number of carbonyl (C=O) groups is 1. The molecule has 0 aliphatic carbocycles. The maximum Gasteiger partial charge on any atom is 0.257 e. The summed E-state index contributed by atoms with van der Waals surface area (Å²) in [6.07, 6.45) is 1.72. The monoisotopic (exact) mass is 411 g/mol. The molecule has 0 aliphatic rings. The summed E-state index contributed by atoms with van der Waals surface area (Å²) in [6, 6.07) is 2.16. The first-order chi connectivity index (χ1) is 9.39. The first-order valence-corrected chi connectivity index (χ1v) is 8.29. The lowest BCUT2D eigenvalue weighted by Crippen LogP contribution is -2.38. The second-order valence-electron chi connectivity index (χ2n) is 4.77. The number of hydrogen-bond acceptors (Lipinski definition) is 1. The number of hydrogen-bond donors (Lipinski definition) is 1. The molecule has 20 heavy (non-hydrogen) atoms. The minimum Gasteiger partial charge on any atom is -0.351 e. The van der Waals surface area contributed by atoms with Crippen molar-refractivity contribution in [2.24, 2.45) is 5.41 Å². The quantitative estimate of drug-likeness (QED) is 0.676. The second kappa shape index (κ2) is 7.50. The second-order valence-corrected chi connectivity index (χ2v) is 6.24. The summed E-state index contributed by atoms with van der Waals surface area (Å²) in [5.74, 6) is -2.46. The Kier molecular flexibility index (Phi) is 6.58. The van der Waals surface area contributed by atoms with E-state index in [4.69, 9.17) is 0 Å². The first kappa shape index (κ1) is 17.6. The normalized spacial score (nSPS) is 11.5. The number of carbonyl (C=O) groups excluding carboxylic acids is 1. The van der Waals surface area contributed by atoms with Gasteiger partial charge in [0.25, 0.3) is 5.91 Å². The van der Waals surface area contributed by atoms with Crippen LogP contribution in [0.1, 0.15) is 37.0 Å². The van der Waals surface area contributed by atoms with Gasteiger partial charge in [-0.2, -0.15) is 0 Å². The lowest BCUT2D eigenvalue weighted by atomic mass is 9.84. The van der Waals surface area contributed by atoms with E-state index in [-0.39, 0.29) is 9.89 Å². The van der Waals surface area contributed by atoms with Gasteiger partial charge in [0.05, 0.1) is 0 Å². The van der Waals surface area contributed by atoms with Crippen LogP contribution in [0.15, 0.2) is 16.6 Å². The highest BCUT2D eigenvalue weighted by atomic mass is 79.9. The fourth-order valence-corrected chi connectivity index (χ4v) is 3.24. The lowest BCUT2D eigenvalue weighted by molar-refractivity contribution is 0.0924. The molecule has 112 valence electrons. The van der Waals surface area contributed by atoms with Crippen LogP contribution in [0.25, 0.3) is 0 Å². The van der Waals surface area contributed by atoms with Crippen molar-refractivity contribution < 1.29 is 13.6 Å². The predicted octanol–water partition coefficient (Wildman–Crippen LogP) is 4.66. The minimum atomic E-state index is -0.869. The highest BCUT2D eigenvalue weighted by molar-refractivity contribution is 9.10. The van der Waals surface area contributed by atoms with E-state index in [9.17, 15) is 13.6 Å². The van der Waals surface area contributed by atoms with Crippen LogP contribution in [-0.2, 0) is 0 Å². The molecule has 0 aromatic heterocycles. The Morgan fingerprint density at radius 3 is 2.15 bits per heavy atom. The van der Waals surface area contributed by atoms with Crippen LogP contribution in [0.2, 0.25) is 0 Å². The van der Waals surface area contributed by atoms with Gasteiger partial charge in [0.1, 0.15) is 17.2 Å². The first-order valence-electron chi connectivity index (χ1n) is 6.38. The van der Waals surface area contributed by atoms with E-state index in [2.05, 4.69) is 37.2 Å². The van der Waals surface area contributed by atoms with Crippen molar-refractivity contribution >= 4 is 37.8 Å². The molecule has 0 saturated heterocycles. The molecule has 0 radical (unpaired) electrons. The maximum absolute atomic E-state index is 13.7. The van der Waals surface area contributed by atoms with Crippen LogP contribution in [0, 0.1) is 17.0 Å². The van der Waals surface area contributed by atoms with E-state index in [1.807, 2.05) is 13.8 Å². The van der Waals surface area contributed by atoms with Gasteiger partial charge >= 0.3 is 0 Å². The maximum atomic E-state index is 13.7. The summed E-state index contributed by atoms with van der Waals surface area (Å²) in [5.41, 5.74) is -0.637. The van der Waals surface area contributed by atoms with Gasteiger partial charge < -0.3 is 5.32 Å². The molecule has 0 atom stereocenters. The molecule has 1 aromatic rings.